The van der Waals surface area contributed by atoms with Crippen LogP contribution in [0.2, 0.25) is 0 Å². The minimum atomic E-state index is -0.334. The van der Waals surface area contributed by atoms with E-state index in [1.807, 2.05) is 19.2 Å². The zero-order valence-electron chi connectivity index (χ0n) is 17.1. The van der Waals surface area contributed by atoms with E-state index in [0.29, 0.717) is 17.4 Å². The van der Waals surface area contributed by atoms with Crippen molar-refractivity contribution < 1.29 is 9.13 Å². The highest BCUT2D eigenvalue weighted by molar-refractivity contribution is 5.68. The maximum absolute atomic E-state index is 13.5. The first-order valence-electron chi connectivity index (χ1n) is 9.66. The average Bonchev–Trinajstić information content (AvgIpc) is 3.11. The maximum Gasteiger partial charge on any atom is 0.229 e. The smallest absolute Gasteiger partial charge is 0.229 e. The SMILES string of the molecule is [C-]#[N+]c1ccc(Nc2nc(NC)c3c(n2)[C@](C)(c2ccc(F)cc2)CC3)cc1OC. The van der Waals surface area contributed by atoms with Gasteiger partial charge >= 0.3 is 0 Å². The lowest BCUT2D eigenvalue weighted by Crippen LogP contribution is -2.22. The third-order valence-corrected chi connectivity index (χ3v) is 5.68. The number of hydrogen-bond acceptors (Lipinski definition) is 5. The second-order valence-electron chi connectivity index (χ2n) is 7.44. The zero-order valence-corrected chi connectivity index (χ0v) is 17.1. The Balaban J connectivity index is 1.76. The van der Waals surface area contributed by atoms with Gasteiger partial charge in [0.25, 0.3) is 0 Å². The van der Waals surface area contributed by atoms with E-state index in [0.717, 1.165) is 41.2 Å². The van der Waals surface area contributed by atoms with Crippen LogP contribution in [0.5, 0.6) is 5.75 Å². The number of benzene rings is 2. The topological polar surface area (TPSA) is 63.4 Å². The number of nitrogens with zero attached hydrogens (tertiary/aromatic N) is 3. The summed E-state index contributed by atoms with van der Waals surface area (Å²) in [5.74, 6) is 1.46. The lowest BCUT2D eigenvalue weighted by Gasteiger charge is -2.25. The number of methoxy groups -OCH3 is 1. The highest BCUT2D eigenvalue weighted by Crippen LogP contribution is 2.45. The van der Waals surface area contributed by atoms with Crippen LogP contribution in [0.1, 0.15) is 30.2 Å². The number of fused-ring (bicyclic) bond motifs is 1. The van der Waals surface area contributed by atoms with Crippen LogP contribution in [-0.4, -0.2) is 24.1 Å². The molecule has 2 N–H and O–H groups in total. The molecule has 4 rings (SSSR count). The molecule has 30 heavy (non-hydrogen) atoms. The van der Waals surface area contributed by atoms with E-state index in [-0.39, 0.29) is 11.2 Å². The molecule has 0 saturated heterocycles. The number of halogens is 1. The van der Waals surface area contributed by atoms with Crippen LogP contribution in [0.4, 0.5) is 27.5 Å². The summed E-state index contributed by atoms with van der Waals surface area (Å²) in [6.45, 7) is 9.36. The maximum atomic E-state index is 13.5. The van der Waals surface area contributed by atoms with Crippen molar-refractivity contribution in [1.82, 2.24) is 9.97 Å². The summed E-state index contributed by atoms with van der Waals surface area (Å²) in [6.07, 6.45) is 1.71. The summed E-state index contributed by atoms with van der Waals surface area (Å²) in [7, 11) is 3.38. The summed E-state index contributed by atoms with van der Waals surface area (Å²) in [4.78, 5) is 12.9. The number of rotatable bonds is 5. The van der Waals surface area contributed by atoms with E-state index in [9.17, 15) is 4.39 Å². The van der Waals surface area contributed by atoms with Gasteiger partial charge in [0.05, 0.1) is 19.4 Å². The number of ether oxygens (including phenoxy) is 1. The minimum Gasteiger partial charge on any atom is -0.508 e. The van der Waals surface area contributed by atoms with E-state index >= 15 is 0 Å². The van der Waals surface area contributed by atoms with Gasteiger partial charge in [0.2, 0.25) is 11.6 Å². The molecule has 152 valence electrons. The van der Waals surface area contributed by atoms with Crippen LogP contribution in [0.25, 0.3) is 4.85 Å². The van der Waals surface area contributed by atoms with Gasteiger partial charge < -0.3 is 15.4 Å². The zero-order chi connectivity index (χ0) is 21.3. The van der Waals surface area contributed by atoms with Crippen molar-refractivity contribution in [3.05, 3.63) is 76.5 Å². The first kappa shape index (κ1) is 19.6. The van der Waals surface area contributed by atoms with E-state index in [1.165, 1.54) is 19.2 Å². The van der Waals surface area contributed by atoms with Crippen molar-refractivity contribution in [3.8, 4) is 5.75 Å². The quantitative estimate of drug-likeness (QED) is 0.573. The molecule has 0 spiro atoms. The van der Waals surface area contributed by atoms with Crippen molar-refractivity contribution >= 4 is 23.1 Å². The number of nitrogens with one attached hydrogen (secondary N) is 2. The summed E-state index contributed by atoms with van der Waals surface area (Å²) in [5.41, 5.74) is 3.87. The molecule has 1 heterocycles. The number of hydrogen-bond donors (Lipinski definition) is 2. The first-order valence-corrected chi connectivity index (χ1v) is 9.66. The van der Waals surface area contributed by atoms with E-state index in [1.54, 1.807) is 18.2 Å². The van der Waals surface area contributed by atoms with Crippen LogP contribution in [0.15, 0.2) is 42.5 Å². The Morgan fingerprint density at radius 1 is 1.17 bits per heavy atom. The molecular weight excluding hydrogens is 381 g/mol. The molecule has 1 aliphatic carbocycles. The molecule has 0 fully saturated rings. The summed E-state index contributed by atoms with van der Waals surface area (Å²) in [6, 6.07) is 11.9. The largest absolute Gasteiger partial charge is 0.508 e. The fraction of sp³-hybridized carbons (Fsp3) is 0.261. The van der Waals surface area contributed by atoms with Crippen molar-refractivity contribution in [3.63, 3.8) is 0 Å². The molecular formula is C23H22FN5O. The Morgan fingerprint density at radius 2 is 1.93 bits per heavy atom. The standard InChI is InChI=1S/C23H22FN5O/c1-23(14-5-7-15(24)8-6-14)12-11-17-20(23)28-22(29-21(17)26-3)27-16-9-10-18(25-2)19(13-16)30-4/h5-10,13H,11-12H2,1,3-4H3,(H2,26,27,28,29)/t23-/m0/s1. The lowest BCUT2D eigenvalue weighted by molar-refractivity contribution is 0.417. The van der Waals surface area contributed by atoms with Crippen LogP contribution in [-0.2, 0) is 11.8 Å². The Morgan fingerprint density at radius 3 is 2.60 bits per heavy atom. The molecule has 6 nitrogen and oxygen atoms in total. The van der Waals surface area contributed by atoms with Gasteiger partial charge in [-0.3, -0.25) is 0 Å². The second kappa shape index (κ2) is 7.64. The van der Waals surface area contributed by atoms with Crippen molar-refractivity contribution in [2.45, 2.75) is 25.2 Å². The van der Waals surface area contributed by atoms with Gasteiger partial charge in [-0.2, -0.15) is 4.98 Å². The third-order valence-electron chi connectivity index (χ3n) is 5.68. The predicted octanol–water partition coefficient (Wildman–Crippen LogP) is 5.21. The predicted molar refractivity (Wildman–Crippen MR) is 115 cm³/mol. The fourth-order valence-electron chi connectivity index (χ4n) is 4.01. The van der Waals surface area contributed by atoms with Gasteiger partial charge in [0, 0.05) is 23.7 Å². The molecule has 1 aliphatic rings. The Kier molecular flexibility index (Phi) is 5.00. The number of aromatic nitrogens is 2. The van der Waals surface area contributed by atoms with Gasteiger partial charge in [-0.15, -0.1) is 0 Å². The highest BCUT2D eigenvalue weighted by atomic mass is 19.1. The van der Waals surface area contributed by atoms with Crippen LogP contribution >= 0.6 is 0 Å². The second-order valence-corrected chi connectivity index (χ2v) is 7.44. The van der Waals surface area contributed by atoms with Crippen molar-refractivity contribution in [1.29, 1.82) is 0 Å². The van der Waals surface area contributed by atoms with Crippen LogP contribution < -0.4 is 15.4 Å². The third kappa shape index (κ3) is 3.30. The van der Waals surface area contributed by atoms with Crippen LogP contribution in [0.3, 0.4) is 0 Å². The highest BCUT2D eigenvalue weighted by Gasteiger charge is 2.39. The van der Waals surface area contributed by atoms with Gasteiger partial charge in [0.15, 0.2) is 0 Å². The summed E-state index contributed by atoms with van der Waals surface area (Å²) < 4.78 is 18.8. The number of anilines is 3. The molecule has 1 atom stereocenters. The molecule has 0 aliphatic heterocycles. The molecule has 3 aromatic rings. The Labute approximate surface area is 175 Å². The molecule has 0 amide bonds. The first-order chi connectivity index (χ1) is 14.5. The van der Waals surface area contributed by atoms with Crippen LogP contribution in [0, 0.1) is 12.4 Å². The average molecular weight is 403 g/mol. The van der Waals surface area contributed by atoms with E-state index < -0.39 is 0 Å². The molecule has 0 radical (unpaired) electrons. The lowest BCUT2D eigenvalue weighted by atomic mass is 9.80. The van der Waals surface area contributed by atoms with Crippen molar-refractivity contribution in [2.75, 3.05) is 24.8 Å². The molecule has 7 heteroatoms. The Bertz CT molecular complexity index is 1140. The molecule has 0 bridgehead atoms. The minimum absolute atomic E-state index is 0.252. The van der Waals surface area contributed by atoms with Gasteiger partial charge in [-0.1, -0.05) is 18.2 Å². The fourth-order valence-corrected chi connectivity index (χ4v) is 4.01. The monoisotopic (exact) mass is 403 g/mol. The van der Waals surface area contributed by atoms with E-state index in [4.69, 9.17) is 16.3 Å². The van der Waals surface area contributed by atoms with Crippen molar-refractivity contribution in [2.24, 2.45) is 0 Å². The normalized spacial score (nSPS) is 17.2. The molecule has 1 aromatic heterocycles. The summed E-state index contributed by atoms with van der Waals surface area (Å²) in [5, 5.41) is 6.40. The van der Waals surface area contributed by atoms with Gasteiger partial charge in [-0.05, 0) is 49.6 Å². The van der Waals surface area contributed by atoms with Gasteiger partial charge in [-0.25, -0.2) is 14.2 Å². The van der Waals surface area contributed by atoms with E-state index in [2.05, 4.69) is 27.4 Å². The van der Waals surface area contributed by atoms with Gasteiger partial charge in [0.1, 0.15) is 17.4 Å². The summed E-state index contributed by atoms with van der Waals surface area (Å²) >= 11 is 0. The Hall–Kier alpha value is -3.66. The molecule has 2 aromatic carbocycles. The molecule has 0 unspecified atom stereocenters. The molecule has 0 saturated carbocycles.